The quantitative estimate of drug-likeness (QED) is 0.511. The van der Waals surface area contributed by atoms with Crippen LogP contribution in [0.1, 0.15) is 23.2 Å². The number of aromatic nitrogens is 2. The lowest BCUT2D eigenvalue weighted by Crippen LogP contribution is -2.41. The molecule has 1 aliphatic carbocycles. The number of nitrogens with zero attached hydrogens (tertiary/aromatic N) is 3. The van der Waals surface area contributed by atoms with Gasteiger partial charge >= 0.3 is 0 Å². The number of anilines is 2. The van der Waals surface area contributed by atoms with Crippen LogP contribution in [0.2, 0.25) is 0 Å². The Morgan fingerprint density at radius 2 is 2.00 bits per heavy atom. The number of morpholine rings is 1. The fourth-order valence-electron chi connectivity index (χ4n) is 3.53. The van der Waals surface area contributed by atoms with Crippen LogP contribution in [-0.2, 0) is 9.53 Å². The van der Waals surface area contributed by atoms with E-state index in [-0.39, 0.29) is 24.5 Å². The fourth-order valence-corrected chi connectivity index (χ4v) is 4.33. The Hall–Kier alpha value is -3.34. The van der Waals surface area contributed by atoms with Crippen molar-refractivity contribution in [2.75, 3.05) is 43.5 Å². The minimum atomic E-state index is -0.289. The Morgan fingerprint density at radius 1 is 1.15 bits per heavy atom. The number of hydrogen-bond acceptors (Lipinski definition) is 8. The predicted octanol–water partition coefficient (Wildman–Crippen LogP) is 3.27. The average molecular weight is 480 g/mol. The van der Waals surface area contributed by atoms with E-state index in [1.54, 1.807) is 36.8 Å². The largest absolute Gasteiger partial charge is 0.488 e. The zero-order chi connectivity index (χ0) is 23.3. The highest BCUT2D eigenvalue weighted by atomic mass is 32.1. The Morgan fingerprint density at radius 3 is 2.76 bits per heavy atom. The molecule has 2 N–H and O–H groups in total. The van der Waals surface area contributed by atoms with Gasteiger partial charge in [0.05, 0.1) is 37.7 Å². The molecule has 9 nitrogen and oxygen atoms in total. The molecule has 2 aliphatic rings. The van der Waals surface area contributed by atoms with E-state index in [2.05, 4.69) is 20.6 Å². The normalized spacial score (nSPS) is 16.1. The van der Waals surface area contributed by atoms with Gasteiger partial charge in [-0.15, -0.1) is 0 Å². The van der Waals surface area contributed by atoms with Gasteiger partial charge in [-0.3, -0.25) is 19.5 Å². The maximum absolute atomic E-state index is 12.9. The van der Waals surface area contributed by atoms with Gasteiger partial charge in [0.25, 0.3) is 5.91 Å². The van der Waals surface area contributed by atoms with Crippen molar-refractivity contribution >= 4 is 33.8 Å². The van der Waals surface area contributed by atoms with E-state index in [1.165, 1.54) is 11.3 Å². The lowest BCUT2D eigenvalue weighted by molar-refractivity contribution is -0.118. The summed E-state index contributed by atoms with van der Waals surface area (Å²) >= 11 is 1.37. The molecule has 2 amide bonds. The number of ether oxygens (including phenoxy) is 2. The molecule has 3 aromatic rings. The second-order valence-corrected chi connectivity index (χ2v) is 9.22. The van der Waals surface area contributed by atoms with Crippen LogP contribution >= 0.6 is 11.3 Å². The minimum Gasteiger partial charge on any atom is -0.488 e. The predicted molar refractivity (Wildman–Crippen MR) is 129 cm³/mol. The zero-order valence-corrected chi connectivity index (χ0v) is 19.3. The van der Waals surface area contributed by atoms with E-state index in [1.807, 2.05) is 17.0 Å². The summed E-state index contributed by atoms with van der Waals surface area (Å²) in [6.07, 6.45) is 7.21. The van der Waals surface area contributed by atoms with Gasteiger partial charge in [0.15, 0.2) is 0 Å². The van der Waals surface area contributed by atoms with Gasteiger partial charge in [-0.2, -0.15) is 0 Å². The molecular weight excluding hydrogens is 454 g/mol. The van der Waals surface area contributed by atoms with Crippen LogP contribution in [0.25, 0.3) is 10.6 Å². The van der Waals surface area contributed by atoms with Gasteiger partial charge in [-0.05, 0) is 43.2 Å². The number of benzene rings is 1. The smallest absolute Gasteiger partial charge is 0.256 e. The molecule has 0 spiro atoms. The van der Waals surface area contributed by atoms with Crippen molar-refractivity contribution in [1.29, 1.82) is 0 Å². The molecular formula is C24H25N5O4S. The first-order chi connectivity index (χ1) is 16.6. The van der Waals surface area contributed by atoms with Crippen molar-refractivity contribution in [1.82, 2.24) is 14.9 Å². The number of amides is 2. The summed E-state index contributed by atoms with van der Waals surface area (Å²) < 4.78 is 11.3. The van der Waals surface area contributed by atoms with E-state index >= 15 is 0 Å². The number of carbonyl (C=O) groups is 2. The van der Waals surface area contributed by atoms with Crippen LogP contribution < -0.4 is 15.4 Å². The molecule has 5 rings (SSSR count). The molecule has 1 saturated carbocycles. The Balaban J connectivity index is 1.28. The van der Waals surface area contributed by atoms with Crippen molar-refractivity contribution < 1.29 is 19.1 Å². The first kappa shape index (κ1) is 22.5. The number of pyridine rings is 1. The van der Waals surface area contributed by atoms with Gasteiger partial charge in [0, 0.05) is 36.6 Å². The first-order valence-corrected chi connectivity index (χ1v) is 12.0. The molecule has 1 saturated heterocycles. The van der Waals surface area contributed by atoms with Gasteiger partial charge in [0.2, 0.25) is 5.91 Å². The van der Waals surface area contributed by atoms with Crippen LogP contribution in [0, 0.1) is 0 Å². The van der Waals surface area contributed by atoms with Crippen molar-refractivity contribution in [3.8, 4) is 16.3 Å². The van der Waals surface area contributed by atoms with Gasteiger partial charge < -0.3 is 20.1 Å². The molecule has 2 aromatic heterocycles. The molecule has 2 fully saturated rings. The van der Waals surface area contributed by atoms with Crippen LogP contribution in [-0.4, -0.2) is 65.6 Å². The Bertz CT molecular complexity index is 1160. The SMILES string of the molecule is O=C(CN1CCOCC1)Nc1cc(C(=O)Nc2cnc(-c3cccnc3)s2)ccc1OC1CC1. The Kier molecular flexibility index (Phi) is 6.79. The van der Waals surface area contributed by atoms with E-state index in [4.69, 9.17) is 9.47 Å². The first-order valence-electron chi connectivity index (χ1n) is 11.2. The van der Waals surface area contributed by atoms with Crippen molar-refractivity contribution in [3.05, 3.63) is 54.5 Å². The molecule has 0 radical (unpaired) electrons. The molecule has 1 aliphatic heterocycles. The molecule has 34 heavy (non-hydrogen) atoms. The summed E-state index contributed by atoms with van der Waals surface area (Å²) in [5.41, 5.74) is 1.80. The molecule has 0 atom stereocenters. The van der Waals surface area contributed by atoms with Crippen LogP contribution in [0.15, 0.2) is 48.9 Å². The third kappa shape index (κ3) is 5.77. The highest BCUT2D eigenvalue weighted by Crippen LogP contribution is 2.33. The van der Waals surface area contributed by atoms with Gasteiger partial charge in [-0.1, -0.05) is 11.3 Å². The number of rotatable bonds is 8. The van der Waals surface area contributed by atoms with Crippen LogP contribution in [0.4, 0.5) is 10.7 Å². The second-order valence-electron chi connectivity index (χ2n) is 8.19. The molecule has 1 aromatic carbocycles. The van der Waals surface area contributed by atoms with E-state index in [9.17, 15) is 9.59 Å². The number of nitrogens with one attached hydrogen (secondary N) is 2. The third-order valence-corrected chi connectivity index (χ3v) is 6.42. The Labute approximate surface area is 201 Å². The lowest BCUT2D eigenvalue weighted by Gasteiger charge is -2.26. The monoisotopic (exact) mass is 479 g/mol. The average Bonchev–Trinajstić information content (AvgIpc) is 3.56. The lowest BCUT2D eigenvalue weighted by atomic mass is 10.1. The fraction of sp³-hybridized carbons (Fsp3) is 0.333. The van der Waals surface area contributed by atoms with Crippen molar-refractivity contribution in [2.45, 2.75) is 18.9 Å². The molecule has 0 bridgehead atoms. The van der Waals surface area contributed by atoms with E-state index in [0.29, 0.717) is 35.2 Å². The highest BCUT2D eigenvalue weighted by Gasteiger charge is 2.26. The number of thiazole rings is 1. The summed E-state index contributed by atoms with van der Waals surface area (Å²) in [6, 6.07) is 8.86. The molecule has 10 heteroatoms. The zero-order valence-electron chi connectivity index (χ0n) is 18.5. The highest BCUT2D eigenvalue weighted by molar-refractivity contribution is 7.19. The van der Waals surface area contributed by atoms with E-state index in [0.717, 1.165) is 36.5 Å². The standard InChI is InChI=1S/C24H25N5O4S/c30-21(15-29-8-10-32-11-9-29)27-19-12-16(3-6-20(19)33-18-4-5-18)23(31)28-22-14-26-24(34-22)17-2-1-7-25-13-17/h1-3,6-7,12-14,18H,4-5,8-11,15H2,(H,27,30)(H,28,31). The van der Waals surface area contributed by atoms with Gasteiger partial charge in [-0.25, -0.2) is 4.98 Å². The summed E-state index contributed by atoms with van der Waals surface area (Å²) in [4.78, 5) is 36.1. The molecule has 176 valence electrons. The minimum absolute atomic E-state index is 0.149. The van der Waals surface area contributed by atoms with Crippen LogP contribution in [0.3, 0.4) is 0 Å². The summed E-state index contributed by atoms with van der Waals surface area (Å²) in [5, 5.41) is 7.22. The third-order valence-electron chi connectivity index (χ3n) is 5.46. The second kappa shape index (κ2) is 10.3. The van der Waals surface area contributed by atoms with Crippen molar-refractivity contribution in [2.24, 2.45) is 0 Å². The maximum atomic E-state index is 12.9. The number of hydrogen-bond donors (Lipinski definition) is 2. The summed E-state index contributed by atoms with van der Waals surface area (Å²) in [6.45, 7) is 2.95. The summed E-state index contributed by atoms with van der Waals surface area (Å²) in [5.74, 6) is 0.137. The molecule has 0 unspecified atom stereocenters. The van der Waals surface area contributed by atoms with Gasteiger partial charge in [0.1, 0.15) is 15.8 Å². The molecule has 3 heterocycles. The van der Waals surface area contributed by atoms with Crippen LogP contribution in [0.5, 0.6) is 5.75 Å². The summed E-state index contributed by atoms with van der Waals surface area (Å²) in [7, 11) is 0. The van der Waals surface area contributed by atoms with Crippen molar-refractivity contribution in [3.63, 3.8) is 0 Å². The topological polar surface area (TPSA) is 106 Å². The van der Waals surface area contributed by atoms with E-state index < -0.39 is 0 Å². The maximum Gasteiger partial charge on any atom is 0.256 e. The number of carbonyl (C=O) groups excluding carboxylic acids is 2.